The first-order valence-corrected chi connectivity index (χ1v) is 7.16. The second-order valence-corrected chi connectivity index (χ2v) is 5.61. The van der Waals surface area contributed by atoms with Crippen LogP contribution in [0, 0.1) is 0 Å². The number of aromatic nitrogens is 3. The molecule has 0 radical (unpaired) electrons. The number of benzene rings is 1. The summed E-state index contributed by atoms with van der Waals surface area (Å²) in [5, 5.41) is 8.32. The van der Waals surface area contributed by atoms with Crippen molar-refractivity contribution < 1.29 is 0 Å². The van der Waals surface area contributed by atoms with Gasteiger partial charge in [0, 0.05) is 24.2 Å². The summed E-state index contributed by atoms with van der Waals surface area (Å²) in [6.45, 7) is 3.03. The van der Waals surface area contributed by atoms with Crippen molar-refractivity contribution in [2.45, 2.75) is 19.0 Å². The third-order valence-electron chi connectivity index (χ3n) is 3.79. The van der Waals surface area contributed by atoms with Gasteiger partial charge in [-0.3, -0.25) is 4.90 Å². The zero-order chi connectivity index (χ0) is 13.9. The fourth-order valence-electron chi connectivity index (χ4n) is 2.63. The zero-order valence-electron chi connectivity index (χ0n) is 11.9. The molecule has 1 fully saturated rings. The number of hydrogen-bond acceptors (Lipinski definition) is 4. The second kappa shape index (κ2) is 7.22. The van der Waals surface area contributed by atoms with Crippen LogP contribution in [0.1, 0.15) is 12.0 Å². The van der Waals surface area contributed by atoms with Crippen molar-refractivity contribution in [3.63, 3.8) is 0 Å². The predicted octanol–water partition coefficient (Wildman–Crippen LogP) is 2.14. The Balaban J connectivity index is 0.00000161. The lowest BCUT2D eigenvalue weighted by Crippen LogP contribution is -2.33. The first kappa shape index (κ1) is 16.2. The van der Waals surface area contributed by atoms with Crippen molar-refractivity contribution >= 4 is 24.0 Å². The molecule has 1 saturated heterocycles. The Hall–Kier alpha value is -1.14. The molecule has 21 heavy (non-hydrogen) atoms. The third kappa shape index (κ3) is 3.74. The number of hydrogen-bond donors (Lipinski definition) is 1. The topological polar surface area (TPSA) is 46.0 Å². The van der Waals surface area contributed by atoms with Gasteiger partial charge in [0.2, 0.25) is 0 Å². The average Bonchev–Trinajstić information content (AvgIpc) is 3.13. The van der Waals surface area contributed by atoms with Gasteiger partial charge in [0.25, 0.3) is 0 Å². The van der Waals surface area contributed by atoms with E-state index in [0.29, 0.717) is 11.1 Å². The molecule has 2 heterocycles. The van der Waals surface area contributed by atoms with Crippen LogP contribution in [0.2, 0.25) is 5.02 Å². The Morgan fingerprint density at radius 3 is 3.00 bits per heavy atom. The lowest BCUT2D eigenvalue weighted by Gasteiger charge is -2.24. The summed E-state index contributed by atoms with van der Waals surface area (Å²) >= 11 is 6.11. The van der Waals surface area contributed by atoms with Crippen LogP contribution in [0.3, 0.4) is 0 Å². The molecule has 1 aromatic carbocycles. The molecule has 1 N–H and O–H groups in total. The molecule has 1 aromatic heterocycles. The van der Waals surface area contributed by atoms with Gasteiger partial charge in [-0.25, -0.2) is 9.67 Å². The molecular weight excluding hydrogens is 309 g/mol. The maximum absolute atomic E-state index is 6.11. The van der Waals surface area contributed by atoms with E-state index in [1.165, 1.54) is 18.3 Å². The SMILES string of the molecule is CN(Cc1ccc(Cl)cc1-n1cncn1)C1CCNC1.Cl. The van der Waals surface area contributed by atoms with Gasteiger partial charge >= 0.3 is 0 Å². The predicted molar refractivity (Wildman–Crippen MR) is 86.4 cm³/mol. The van der Waals surface area contributed by atoms with E-state index >= 15 is 0 Å². The molecule has 2 aromatic rings. The quantitative estimate of drug-likeness (QED) is 0.934. The van der Waals surface area contributed by atoms with Crippen molar-refractivity contribution in [1.29, 1.82) is 0 Å². The highest BCUT2D eigenvalue weighted by Crippen LogP contribution is 2.21. The molecule has 5 nitrogen and oxygen atoms in total. The molecule has 0 spiro atoms. The van der Waals surface area contributed by atoms with Gasteiger partial charge in [-0.05, 0) is 37.7 Å². The molecule has 114 valence electrons. The van der Waals surface area contributed by atoms with E-state index in [4.69, 9.17) is 11.6 Å². The molecule has 0 bridgehead atoms. The lowest BCUT2D eigenvalue weighted by molar-refractivity contribution is 0.248. The third-order valence-corrected chi connectivity index (χ3v) is 4.03. The van der Waals surface area contributed by atoms with Crippen LogP contribution in [0.15, 0.2) is 30.9 Å². The first-order chi connectivity index (χ1) is 9.74. The summed E-state index contributed by atoms with van der Waals surface area (Å²) in [5.41, 5.74) is 2.20. The fraction of sp³-hybridized carbons (Fsp3) is 0.429. The highest BCUT2D eigenvalue weighted by Gasteiger charge is 2.20. The van der Waals surface area contributed by atoms with Crippen LogP contribution in [0.5, 0.6) is 0 Å². The zero-order valence-corrected chi connectivity index (χ0v) is 13.4. The van der Waals surface area contributed by atoms with Gasteiger partial charge in [-0.1, -0.05) is 17.7 Å². The molecule has 3 rings (SSSR count). The van der Waals surface area contributed by atoms with E-state index in [1.807, 2.05) is 12.1 Å². The highest BCUT2D eigenvalue weighted by molar-refractivity contribution is 6.30. The van der Waals surface area contributed by atoms with Crippen LogP contribution in [-0.2, 0) is 6.54 Å². The molecule has 1 unspecified atom stereocenters. The van der Waals surface area contributed by atoms with Gasteiger partial charge in [0.1, 0.15) is 12.7 Å². The van der Waals surface area contributed by atoms with Gasteiger partial charge < -0.3 is 5.32 Å². The Kier molecular flexibility index (Phi) is 5.58. The number of nitrogens with zero attached hydrogens (tertiary/aromatic N) is 4. The number of halogens is 2. The van der Waals surface area contributed by atoms with E-state index in [9.17, 15) is 0 Å². The van der Waals surface area contributed by atoms with E-state index in [1.54, 1.807) is 11.0 Å². The smallest absolute Gasteiger partial charge is 0.138 e. The highest BCUT2D eigenvalue weighted by atomic mass is 35.5. The average molecular weight is 328 g/mol. The summed E-state index contributed by atoms with van der Waals surface area (Å²) in [6.07, 6.45) is 4.43. The van der Waals surface area contributed by atoms with Crippen LogP contribution in [0.4, 0.5) is 0 Å². The monoisotopic (exact) mass is 327 g/mol. The number of likely N-dealkylation sites (N-methyl/N-ethyl adjacent to an activating group) is 1. The van der Waals surface area contributed by atoms with Crippen LogP contribution < -0.4 is 5.32 Å². The van der Waals surface area contributed by atoms with Crippen LogP contribution in [0.25, 0.3) is 5.69 Å². The van der Waals surface area contributed by atoms with Gasteiger partial charge in [0.15, 0.2) is 0 Å². The largest absolute Gasteiger partial charge is 0.315 e. The van der Waals surface area contributed by atoms with Crippen molar-refractivity contribution in [1.82, 2.24) is 25.0 Å². The standard InChI is InChI=1S/C14H18ClN5.ClH/c1-19(13-4-5-16-7-13)8-11-2-3-12(15)6-14(11)20-10-17-9-18-20;/h2-3,6,9-10,13,16H,4-5,7-8H2,1H3;1H. The molecular formula is C14H19Cl2N5. The second-order valence-electron chi connectivity index (χ2n) is 5.17. The van der Waals surface area contributed by atoms with E-state index in [0.717, 1.165) is 25.3 Å². The summed E-state index contributed by atoms with van der Waals surface area (Å²) in [5.74, 6) is 0. The van der Waals surface area contributed by atoms with Crippen molar-refractivity contribution in [3.8, 4) is 5.69 Å². The Labute approximate surface area is 135 Å². The maximum Gasteiger partial charge on any atom is 0.138 e. The van der Waals surface area contributed by atoms with Crippen LogP contribution in [-0.4, -0.2) is 45.8 Å². The van der Waals surface area contributed by atoms with E-state index < -0.39 is 0 Å². The van der Waals surface area contributed by atoms with Gasteiger partial charge in [-0.2, -0.15) is 5.10 Å². The molecule has 0 saturated carbocycles. The van der Waals surface area contributed by atoms with E-state index in [-0.39, 0.29) is 12.4 Å². The summed E-state index contributed by atoms with van der Waals surface area (Å²) in [4.78, 5) is 6.39. The molecule has 0 aliphatic carbocycles. The lowest BCUT2D eigenvalue weighted by atomic mass is 10.1. The number of rotatable bonds is 4. The van der Waals surface area contributed by atoms with Gasteiger partial charge in [0.05, 0.1) is 5.69 Å². The Morgan fingerprint density at radius 2 is 2.33 bits per heavy atom. The van der Waals surface area contributed by atoms with Crippen molar-refractivity contribution in [2.75, 3.05) is 20.1 Å². The van der Waals surface area contributed by atoms with Crippen molar-refractivity contribution in [3.05, 3.63) is 41.4 Å². The fourth-order valence-corrected chi connectivity index (χ4v) is 2.80. The summed E-state index contributed by atoms with van der Waals surface area (Å²) in [6, 6.07) is 6.53. The molecule has 1 atom stereocenters. The normalized spacial score (nSPS) is 18.0. The Morgan fingerprint density at radius 1 is 1.48 bits per heavy atom. The number of nitrogens with one attached hydrogen (secondary N) is 1. The minimum absolute atomic E-state index is 0. The first-order valence-electron chi connectivity index (χ1n) is 6.78. The minimum atomic E-state index is 0. The van der Waals surface area contributed by atoms with Crippen LogP contribution >= 0.6 is 24.0 Å². The molecule has 1 aliphatic rings. The maximum atomic E-state index is 6.11. The molecule has 1 aliphatic heterocycles. The van der Waals surface area contributed by atoms with E-state index in [2.05, 4.69) is 33.4 Å². The summed E-state index contributed by atoms with van der Waals surface area (Å²) in [7, 11) is 2.16. The minimum Gasteiger partial charge on any atom is -0.315 e. The Bertz CT molecular complexity index is 567. The summed E-state index contributed by atoms with van der Waals surface area (Å²) < 4.78 is 1.77. The van der Waals surface area contributed by atoms with Crippen molar-refractivity contribution in [2.24, 2.45) is 0 Å². The molecule has 0 amide bonds. The van der Waals surface area contributed by atoms with Gasteiger partial charge in [-0.15, -0.1) is 12.4 Å². The molecule has 7 heteroatoms.